The predicted molar refractivity (Wildman–Crippen MR) is 101 cm³/mol. The predicted octanol–water partition coefficient (Wildman–Crippen LogP) is 3.65. The van der Waals surface area contributed by atoms with E-state index in [1.54, 1.807) is 11.3 Å². The molecule has 0 amide bonds. The van der Waals surface area contributed by atoms with Gasteiger partial charge in [0.05, 0.1) is 5.69 Å². The summed E-state index contributed by atoms with van der Waals surface area (Å²) in [5, 5.41) is 23.4. The van der Waals surface area contributed by atoms with Gasteiger partial charge in [0, 0.05) is 33.6 Å². The molecule has 0 unspecified atom stereocenters. The molecule has 3 rings (SSSR count). The van der Waals surface area contributed by atoms with Gasteiger partial charge in [0.2, 0.25) is 0 Å². The molecule has 1 aromatic carbocycles. The number of anilines is 1. The zero-order chi connectivity index (χ0) is 17.3. The topological polar surface area (TPSA) is 61.3 Å². The largest absolute Gasteiger partial charge is 0.507 e. The van der Waals surface area contributed by atoms with Gasteiger partial charge in [0.25, 0.3) is 0 Å². The Morgan fingerprint density at radius 3 is 2.67 bits per heavy atom. The summed E-state index contributed by atoms with van der Waals surface area (Å²) in [6, 6.07) is 7.94. The van der Waals surface area contributed by atoms with Crippen molar-refractivity contribution in [3.05, 3.63) is 34.7 Å². The molecule has 0 spiro atoms. The fraction of sp³-hybridized carbons (Fsp3) is 0.333. The number of phenolic OH excluding ortho intramolecular Hbond substituents is 1. The Morgan fingerprint density at radius 2 is 1.96 bits per heavy atom. The summed E-state index contributed by atoms with van der Waals surface area (Å²) in [6.45, 7) is 5.77. The molecule has 0 radical (unpaired) electrons. The second kappa shape index (κ2) is 6.75. The van der Waals surface area contributed by atoms with E-state index in [4.69, 9.17) is 0 Å². The van der Waals surface area contributed by atoms with Crippen molar-refractivity contribution < 1.29 is 5.11 Å². The van der Waals surface area contributed by atoms with Gasteiger partial charge in [-0.05, 0) is 57.8 Å². The normalized spacial score (nSPS) is 11.4. The number of nitrogens with zero attached hydrogens (tertiary/aromatic N) is 3. The Balaban J connectivity index is 1.91. The minimum absolute atomic E-state index is 0.280. The number of benzene rings is 1. The summed E-state index contributed by atoms with van der Waals surface area (Å²) in [7, 11) is 4.07. The van der Waals surface area contributed by atoms with Crippen molar-refractivity contribution in [1.82, 2.24) is 15.1 Å². The van der Waals surface area contributed by atoms with Crippen molar-refractivity contribution in [3.8, 4) is 17.0 Å². The molecule has 2 aromatic heterocycles. The van der Waals surface area contributed by atoms with Gasteiger partial charge < -0.3 is 15.3 Å². The molecular weight excluding hydrogens is 320 g/mol. The number of fused-ring (bicyclic) bond motifs is 1. The van der Waals surface area contributed by atoms with Crippen molar-refractivity contribution in [2.45, 2.75) is 13.8 Å². The van der Waals surface area contributed by atoms with Crippen LogP contribution < -0.4 is 5.32 Å². The van der Waals surface area contributed by atoms with E-state index in [2.05, 4.69) is 20.4 Å². The monoisotopic (exact) mass is 342 g/mol. The lowest BCUT2D eigenvalue weighted by Crippen LogP contribution is -2.21. The molecule has 24 heavy (non-hydrogen) atoms. The van der Waals surface area contributed by atoms with Gasteiger partial charge in [-0.15, -0.1) is 21.5 Å². The number of likely N-dealkylation sites (N-methyl/N-ethyl adjacent to an activating group) is 1. The van der Waals surface area contributed by atoms with Gasteiger partial charge >= 0.3 is 0 Å². The Morgan fingerprint density at radius 1 is 1.17 bits per heavy atom. The summed E-state index contributed by atoms with van der Waals surface area (Å²) in [5.41, 5.74) is 2.43. The summed E-state index contributed by atoms with van der Waals surface area (Å²) in [5.74, 6) is 1.03. The SMILES string of the molecule is Cc1cc2c(O)c(-c3nnc(NCCN(C)C)cc3C)ccc2s1. The summed E-state index contributed by atoms with van der Waals surface area (Å²) in [6.07, 6.45) is 0. The van der Waals surface area contributed by atoms with E-state index in [0.29, 0.717) is 0 Å². The van der Waals surface area contributed by atoms with Gasteiger partial charge in [-0.25, -0.2) is 0 Å². The van der Waals surface area contributed by atoms with Gasteiger partial charge in [0.15, 0.2) is 0 Å². The van der Waals surface area contributed by atoms with E-state index in [0.717, 1.165) is 45.8 Å². The highest BCUT2D eigenvalue weighted by atomic mass is 32.1. The van der Waals surface area contributed by atoms with Crippen LogP contribution in [0.3, 0.4) is 0 Å². The number of phenols is 1. The summed E-state index contributed by atoms with van der Waals surface area (Å²) >= 11 is 1.68. The Kier molecular flexibility index (Phi) is 4.69. The van der Waals surface area contributed by atoms with E-state index in [9.17, 15) is 5.11 Å². The zero-order valence-corrected chi connectivity index (χ0v) is 15.2. The first-order valence-corrected chi connectivity index (χ1v) is 8.73. The van der Waals surface area contributed by atoms with Crippen molar-refractivity contribution in [1.29, 1.82) is 0 Å². The molecule has 0 fully saturated rings. The molecule has 0 atom stereocenters. The van der Waals surface area contributed by atoms with Gasteiger partial charge in [-0.2, -0.15) is 0 Å². The van der Waals surface area contributed by atoms with Crippen LogP contribution >= 0.6 is 11.3 Å². The first kappa shape index (κ1) is 16.7. The minimum Gasteiger partial charge on any atom is -0.507 e. The molecule has 0 aliphatic heterocycles. The van der Waals surface area contributed by atoms with Gasteiger partial charge in [0.1, 0.15) is 11.6 Å². The first-order valence-electron chi connectivity index (χ1n) is 7.91. The molecule has 0 saturated carbocycles. The van der Waals surface area contributed by atoms with Crippen LogP contribution in [-0.2, 0) is 0 Å². The van der Waals surface area contributed by atoms with Crippen LogP contribution in [-0.4, -0.2) is 47.4 Å². The van der Waals surface area contributed by atoms with Crippen molar-refractivity contribution in [2.75, 3.05) is 32.5 Å². The summed E-state index contributed by atoms with van der Waals surface area (Å²) in [4.78, 5) is 3.29. The third kappa shape index (κ3) is 3.34. The fourth-order valence-corrected chi connectivity index (χ4v) is 3.59. The molecule has 0 saturated heterocycles. The number of rotatable bonds is 5. The molecule has 3 aromatic rings. The quantitative estimate of drug-likeness (QED) is 0.741. The van der Waals surface area contributed by atoms with Crippen LogP contribution in [0.1, 0.15) is 10.4 Å². The minimum atomic E-state index is 0.280. The van der Waals surface area contributed by atoms with Crippen LogP contribution in [0.15, 0.2) is 24.3 Å². The zero-order valence-electron chi connectivity index (χ0n) is 14.4. The van der Waals surface area contributed by atoms with E-state index < -0.39 is 0 Å². The Labute approximate surface area is 146 Å². The maximum Gasteiger partial charge on any atom is 0.148 e. The number of aromatic hydroxyl groups is 1. The second-order valence-corrected chi connectivity index (χ2v) is 7.51. The highest BCUT2D eigenvalue weighted by Crippen LogP contribution is 2.39. The van der Waals surface area contributed by atoms with Crippen LogP contribution in [0.5, 0.6) is 5.75 Å². The van der Waals surface area contributed by atoms with E-state index in [1.165, 1.54) is 4.88 Å². The number of aromatic nitrogens is 2. The highest BCUT2D eigenvalue weighted by molar-refractivity contribution is 7.19. The van der Waals surface area contributed by atoms with Crippen LogP contribution in [0.25, 0.3) is 21.3 Å². The van der Waals surface area contributed by atoms with E-state index in [1.807, 2.05) is 52.2 Å². The van der Waals surface area contributed by atoms with E-state index >= 15 is 0 Å². The van der Waals surface area contributed by atoms with Crippen molar-refractivity contribution in [3.63, 3.8) is 0 Å². The van der Waals surface area contributed by atoms with Crippen molar-refractivity contribution in [2.24, 2.45) is 0 Å². The smallest absolute Gasteiger partial charge is 0.148 e. The number of hydrogen-bond acceptors (Lipinski definition) is 6. The highest BCUT2D eigenvalue weighted by Gasteiger charge is 2.14. The molecule has 126 valence electrons. The average molecular weight is 342 g/mol. The molecular formula is C18H22N4OS. The lowest BCUT2D eigenvalue weighted by atomic mass is 10.0. The molecule has 2 N–H and O–H groups in total. The summed E-state index contributed by atoms with van der Waals surface area (Å²) < 4.78 is 1.08. The number of nitrogens with one attached hydrogen (secondary N) is 1. The standard InChI is InChI=1S/C18H22N4OS/c1-11-9-16(19-7-8-22(3)4)20-21-17(11)13-5-6-15-14(18(13)23)10-12(2)24-15/h5-6,9-10,23H,7-8H2,1-4H3,(H,19,20). The fourth-order valence-electron chi connectivity index (χ4n) is 2.66. The molecule has 2 heterocycles. The Hall–Kier alpha value is -2.18. The second-order valence-electron chi connectivity index (χ2n) is 6.22. The number of thiophene rings is 1. The Bertz CT molecular complexity index is 873. The first-order chi connectivity index (χ1) is 11.5. The van der Waals surface area contributed by atoms with Crippen LogP contribution in [0, 0.1) is 13.8 Å². The third-order valence-corrected chi connectivity index (χ3v) is 4.92. The van der Waals surface area contributed by atoms with Gasteiger partial charge in [-0.3, -0.25) is 0 Å². The molecule has 5 nitrogen and oxygen atoms in total. The van der Waals surface area contributed by atoms with Crippen LogP contribution in [0.4, 0.5) is 5.82 Å². The van der Waals surface area contributed by atoms with Crippen LogP contribution in [0.2, 0.25) is 0 Å². The van der Waals surface area contributed by atoms with Crippen molar-refractivity contribution >= 4 is 27.2 Å². The third-order valence-electron chi connectivity index (χ3n) is 3.90. The molecule has 6 heteroatoms. The number of aryl methyl sites for hydroxylation is 2. The molecule has 0 bridgehead atoms. The van der Waals surface area contributed by atoms with Gasteiger partial charge in [-0.1, -0.05) is 0 Å². The lowest BCUT2D eigenvalue weighted by Gasteiger charge is -2.12. The lowest BCUT2D eigenvalue weighted by molar-refractivity contribution is 0.425. The average Bonchev–Trinajstić information content (AvgIpc) is 2.90. The number of hydrogen-bond donors (Lipinski definition) is 2. The molecule has 0 aliphatic rings. The maximum atomic E-state index is 10.6. The van der Waals surface area contributed by atoms with E-state index in [-0.39, 0.29) is 5.75 Å². The molecule has 0 aliphatic carbocycles. The maximum absolute atomic E-state index is 10.6.